The fourth-order valence-electron chi connectivity index (χ4n) is 2.09. The molecular weight excluding hydrogens is 298 g/mol. The van der Waals surface area contributed by atoms with Gasteiger partial charge in [-0.2, -0.15) is 11.8 Å². The van der Waals surface area contributed by atoms with Crippen LogP contribution in [0.4, 0.5) is 0 Å². The molecule has 0 unspecified atom stereocenters. The van der Waals surface area contributed by atoms with Crippen molar-refractivity contribution in [2.45, 2.75) is 18.6 Å². The lowest BCUT2D eigenvalue weighted by Crippen LogP contribution is -2.02. The van der Waals surface area contributed by atoms with Gasteiger partial charge in [-0.15, -0.1) is 11.3 Å². The predicted molar refractivity (Wildman–Crippen MR) is 81.5 cm³/mol. The molecule has 0 radical (unpaired) electrons. The van der Waals surface area contributed by atoms with E-state index in [0.29, 0.717) is 11.4 Å². The van der Waals surface area contributed by atoms with Gasteiger partial charge < -0.3 is 0 Å². The molecule has 2 aromatic rings. The van der Waals surface area contributed by atoms with Gasteiger partial charge in [0.2, 0.25) is 0 Å². The number of hydrogen-bond acceptors (Lipinski definition) is 4. The Hall–Kier alpha value is -0.840. The predicted octanol–water partition coefficient (Wildman–Crippen LogP) is 4.01. The van der Waals surface area contributed by atoms with Crippen molar-refractivity contribution in [2.75, 3.05) is 5.75 Å². The number of fused-ring (bicyclic) bond motifs is 1. The number of thiophene rings is 1. The molecule has 0 aromatic carbocycles. The molecule has 0 atom stereocenters. The van der Waals surface area contributed by atoms with Crippen LogP contribution in [0, 0.1) is 0 Å². The third kappa shape index (κ3) is 2.86. The number of nitrogens with zero attached hydrogens (tertiary/aromatic N) is 1. The summed E-state index contributed by atoms with van der Waals surface area (Å²) in [6, 6.07) is 3.87. The fourth-order valence-corrected chi connectivity index (χ4v) is 4.59. The van der Waals surface area contributed by atoms with E-state index >= 15 is 0 Å². The highest BCUT2D eigenvalue weighted by molar-refractivity contribution is 7.98. The summed E-state index contributed by atoms with van der Waals surface area (Å²) in [5.74, 6) is 2.35. The number of halogens is 1. The molecule has 19 heavy (non-hydrogen) atoms. The summed E-state index contributed by atoms with van der Waals surface area (Å²) in [7, 11) is 0. The Labute approximate surface area is 125 Å². The van der Waals surface area contributed by atoms with Crippen LogP contribution in [0.5, 0.6) is 0 Å². The number of aromatic nitrogens is 1. The highest BCUT2D eigenvalue weighted by atomic mass is 35.5. The van der Waals surface area contributed by atoms with E-state index in [9.17, 15) is 4.79 Å². The van der Waals surface area contributed by atoms with E-state index in [2.05, 4.69) is 11.1 Å². The standard InChI is InChI=1S/C14H12ClNOS2/c15-11-7-16-3-1-9(11)5-12(17)14-6-10-8-18-4-2-13(10)19-14/h1,3,6-7H,2,4-5,8H2. The van der Waals surface area contributed by atoms with Crippen molar-refractivity contribution in [3.05, 3.63) is 50.4 Å². The topological polar surface area (TPSA) is 30.0 Å². The minimum absolute atomic E-state index is 0.150. The van der Waals surface area contributed by atoms with Crippen molar-refractivity contribution in [1.29, 1.82) is 0 Å². The number of hydrogen-bond donors (Lipinski definition) is 0. The Morgan fingerprint density at radius 2 is 2.37 bits per heavy atom. The number of pyridine rings is 1. The molecule has 5 heteroatoms. The molecule has 3 rings (SSSR count). The van der Waals surface area contributed by atoms with Crippen LogP contribution in [0.3, 0.4) is 0 Å². The van der Waals surface area contributed by atoms with E-state index in [1.54, 1.807) is 23.7 Å². The van der Waals surface area contributed by atoms with E-state index in [1.807, 2.05) is 17.8 Å². The second kappa shape index (κ2) is 5.65. The Bertz CT molecular complexity index is 600. The molecule has 2 aromatic heterocycles. The number of carbonyl (C=O) groups is 1. The van der Waals surface area contributed by atoms with Gasteiger partial charge in [0.25, 0.3) is 0 Å². The molecule has 0 N–H and O–H groups in total. The van der Waals surface area contributed by atoms with E-state index < -0.39 is 0 Å². The van der Waals surface area contributed by atoms with Crippen molar-refractivity contribution in [3.8, 4) is 0 Å². The Morgan fingerprint density at radius 1 is 1.47 bits per heavy atom. The van der Waals surface area contributed by atoms with Crippen LogP contribution in [-0.2, 0) is 18.6 Å². The van der Waals surface area contributed by atoms with Gasteiger partial charge in [-0.25, -0.2) is 0 Å². The molecule has 0 fully saturated rings. The first-order chi connectivity index (χ1) is 9.24. The molecule has 1 aliphatic rings. The summed E-state index contributed by atoms with van der Waals surface area (Å²) in [5, 5.41) is 0.563. The van der Waals surface area contributed by atoms with Gasteiger partial charge in [0.1, 0.15) is 0 Å². The number of rotatable bonds is 3. The zero-order chi connectivity index (χ0) is 13.2. The van der Waals surface area contributed by atoms with Gasteiger partial charge in [0.15, 0.2) is 5.78 Å². The molecule has 2 nitrogen and oxygen atoms in total. The van der Waals surface area contributed by atoms with Crippen molar-refractivity contribution < 1.29 is 4.79 Å². The first-order valence-electron chi connectivity index (χ1n) is 6.05. The van der Waals surface area contributed by atoms with Crippen LogP contribution >= 0.6 is 34.7 Å². The molecule has 3 heterocycles. The monoisotopic (exact) mass is 309 g/mol. The molecule has 0 saturated heterocycles. The Balaban J connectivity index is 1.81. The maximum atomic E-state index is 12.3. The maximum Gasteiger partial charge on any atom is 0.177 e. The van der Waals surface area contributed by atoms with Gasteiger partial charge in [-0.05, 0) is 35.4 Å². The molecule has 0 bridgehead atoms. The van der Waals surface area contributed by atoms with Crippen molar-refractivity contribution in [2.24, 2.45) is 0 Å². The molecule has 98 valence electrons. The number of Topliss-reactive ketones (excluding diaryl/α,β-unsaturated/α-hetero) is 1. The summed E-state index contributed by atoms with van der Waals surface area (Å²) < 4.78 is 0. The summed E-state index contributed by atoms with van der Waals surface area (Å²) in [4.78, 5) is 18.5. The van der Waals surface area contributed by atoms with E-state index in [4.69, 9.17) is 11.6 Å². The summed E-state index contributed by atoms with van der Waals surface area (Å²) >= 11 is 9.62. The zero-order valence-electron chi connectivity index (χ0n) is 10.2. The van der Waals surface area contributed by atoms with Crippen LogP contribution in [0.2, 0.25) is 5.02 Å². The first kappa shape index (κ1) is 13.2. The number of carbonyl (C=O) groups excluding carboxylic acids is 1. The van der Waals surface area contributed by atoms with Gasteiger partial charge in [-0.3, -0.25) is 9.78 Å². The lowest BCUT2D eigenvalue weighted by Gasteiger charge is -2.08. The maximum absolute atomic E-state index is 12.3. The normalized spacial score (nSPS) is 14.2. The first-order valence-corrected chi connectivity index (χ1v) is 8.40. The van der Waals surface area contributed by atoms with Gasteiger partial charge in [0.05, 0.1) is 9.90 Å². The highest BCUT2D eigenvalue weighted by Gasteiger charge is 2.18. The van der Waals surface area contributed by atoms with Crippen molar-refractivity contribution in [3.63, 3.8) is 0 Å². The molecule has 1 aliphatic heterocycles. The lowest BCUT2D eigenvalue weighted by molar-refractivity contribution is 0.0997. The minimum atomic E-state index is 0.150. The van der Waals surface area contributed by atoms with Crippen LogP contribution in [0.1, 0.15) is 25.7 Å². The molecule has 0 amide bonds. The average Bonchev–Trinajstić information content (AvgIpc) is 2.85. The quantitative estimate of drug-likeness (QED) is 0.802. The Kier molecular flexibility index (Phi) is 3.91. The summed E-state index contributed by atoms with van der Waals surface area (Å²) in [6.45, 7) is 0. The molecule has 0 aliphatic carbocycles. The number of aryl methyl sites for hydroxylation is 1. The van der Waals surface area contributed by atoms with E-state index in [1.165, 1.54) is 10.4 Å². The smallest absolute Gasteiger partial charge is 0.177 e. The molecular formula is C14H12ClNOS2. The van der Waals surface area contributed by atoms with E-state index in [-0.39, 0.29) is 5.78 Å². The minimum Gasteiger partial charge on any atom is -0.293 e. The summed E-state index contributed by atoms with van der Waals surface area (Å²) in [5.41, 5.74) is 2.19. The molecule has 0 spiro atoms. The fraction of sp³-hybridized carbons (Fsp3) is 0.286. The Morgan fingerprint density at radius 3 is 3.16 bits per heavy atom. The van der Waals surface area contributed by atoms with E-state index in [0.717, 1.165) is 28.4 Å². The van der Waals surface area contributed by atoms with Crippen molar-refractivity contribution in [1.82, 2.24) is 4.98 Å². The summed E-state index contributed by atoms with van der Waals surface area (Å²) in [6.07, 6.45) is 4.70. The van der Waals surface area contributed by atoms with Crippen LogP contribution in [0.15, 0.2) is 24.5 Å². The SMILES string of the molecule is O=C(Cc1ccncc1Cl)c1cc2c(s1)CCSC2. The largest absolute Gasteiger partial charge is 0.293 e. The van der Waals surface area contributed by atoms with Crippen molar-refractivity contribution >= 4 is 40.5 Å². The van der Waals surface area contributed by atoms with Crippen LogP contribution < -0.4 is 0 Å². The van der Waals surface area contributed by atoms with Gasteiger partial charge >= 0.3 is 0 Å². The van der Waals surface area contributed by atoms with Gasteiger partial charge in [0, 0.05) is 29.4 Å². The number of thioether (sulfide) groups is 1. The third-order valence-corrected chi connectivity index (χ3v) is 5.74. The third-order valence-electron chi connectivity index (χ3n) is 3.11. The second-order valence-corrected chi connectivity index (χ2v) is 7.08. The average molecular weight is 310 g/mol. The van der Waals surface area contributed by atoms with Gasteiger partial charge in [-0.1, -0.05) is 11.6 Å². The van der Waals surface area contributed by atoms with Crippen LogP contribution in [-0.4, -0.2) is 16.5 Å². The zero-order valence-corrected chi connectivity index (χ0v) is 12.6. The molecule has 0 saturated carbocycles. The second-order valence-electron chi connectivity index (χ2n) is 4.43. The van der Waals surface area contributed by atoms with Crippen LogP contribution in [0.25, 0.3) is 0 Å². The highest BCUT2D eigenvalue weighted by Crippen LogP contribution is 2.32. The number of ketones is 1. The lowest BCUT2D eigenvalue weighted by atomic mass is 10.1.